The van der Waals surface area contributed by atoms with Crippen molar-refractivity contribution in [2.24, 2.45) is 0 Å². The Balaban J connectivity index is 1.80. The molecule has 3 rings (SSSR count). The van der Waals surface area contributed by atoms with E-state index >= 15 is 0 Å². The smallest absolute Gasteiger partial charge is 0.177 e. The van der Waals surface area contributed by atoms with Crippen LogP contribution in [-0.2, 0) is 6.54 Å². The van der Waals surface area contributed by atoms with Gasteiger partial charge in [-0.2, -0.15) is 0 Å². The number of aliphatic hydroxyl groups is 1. The highest BCUT2D eigenvalue weighted by atomic mass is 79.9. The SMILES string of the molecule is Cc1nc2ncc(Br)cc2n1C[C@H]1CCN1CCCO. The van der Waals surface area contributed by atoms with Gasteiger partial charge >= 0.3 is 0 Å². The van der Waals surface area contributed by atoms with Crippen LogP contribution in [0.25, 0.3) is 11.2 Å². The first kappa shape index (κ1) is 14.0. The molecule has 1 N–H and O–H groups in total. The van der Waals surface area contributed by atoms with Gasteiger partial charge in [0.1, 0.15) is 5.82 Å². The van der Waals surface area contributed by atoms with Gasteiger partial charge in [-0.25, -0.2) is 9.97 Å². The van der Waals surface area contributed by atoms with Crippen LogP contribution < -0.4 is 0 Å². The summed E-state index contributed by atoms with van der Waals surface area (Å²) < 4.78 is 3.24. The van der Waals surface area contributed by atoms with E-state index in [1.54, 1.807) is 6.20 Å². The van der Waals surface area contributed by atoms with E-state index in [1.807, 2.05) is 6.92 Å². The lowest BCUT2D eigenvalue weighted by Gasteiger charge is -2.41. The number of aliphatic hydroxyl groups excluding tert-OH is 1. The van der Waals surface area contributed by atoms with Gasteiger partial charge in [0.05, 0.1) is 5.52 Å². The molecule has 0 aliphatic carbocycles. The fourth-order valence-electron chi connectivity index (χ4n) is 2.80. The lowest BCUT2D eigenvalue weighted by molar-refractivity contribution is 0.0699. The topological polar surface area (TPSA) is 54.2 Å². The van der Waals surface area contributed by atoms with Crippen LogP contribution in [0.4, 0.5) is 0 Å². The summed E-state index contributed by atoms with van der Waals surface area (Å²) in [6.45, 7) is 5.37. The van der Waals surface area contributed by atoms with Crippen molar-refractivity contribution in [3.05, 3.63) is 22.6 Å². The van der Waals surface area contributed by atoms with Gasteiger partial charge in [0.2, 0.25) is 0 Å². The molecule has 1 aliphatic rings. The fourth-order valence-corrected chi connectivity index (χ4v) is 3.12. The summed E-state index contributed by atoms with van der Waals surface area (Å²) in [5.74, 6) is 1.01. The number of pyridine rings is 1. The van der Waals surface area contributed by atoms with Crippen LogP contribution in [0.3, 0.4) is 0 Å². The highest BCUT2D eigenvalue weighted by Crippen LogP contribution is 2.24. The van der Waals surface area contributed by atoms with Crippen molar-refractivity contribution < 1.29 is 5.11 Å². The number of hydrogen-bond donors (Lipinski definition) is 1. The summed E-state index contributed by atoms with van der Waals surface area (Å²) in [5.41, 5.74) is 1.90. The highest BCUT2D eigenvalue weighted by molar-refractivity contribution is 9.10. The fraction of sp³-hybridized carbons (Fsp3) is 0.571. The molecule has 0 bridgehead atoms. The first-order valence-corrected chi connectivity index (χ1v) is 7.81. The molecule has 1 atom stereocenters. The highest BCUT2D eigenvalue weighted by Gasteiger charge is 2.28. The first-order chi connectivity index (χ1) is 9.69. The number of nitrogens with zero attached hydrogens (tertiary/aromatic N) is 4. The van der Waals surface area contributed by atoms with Crippen molar-refractivity contribution in [3.8, 4) is 0 Å². The van der Waals surface area contributed by atoms with Gasteiger partial charge in [-0.15, -0.1) is 0 Å². The van der Waals surface area contributed by atoms with Crippen molar-refractivity contribution in [1.82, 2.24) is 19.4 Å². The Bertz CT molecular complexity index is 612. The van der Waals surface area contributed by atoms with E-state index in [0.717, 1.165) is 47.5 Å². The molecule has 0 saturated carbocycles. The predicted molar refractivity (Wildman–Crippen MR) is 81.6 cm³/mol. The second-order valence-electron chi connectivity index (χ2n) is 5.32. The van der Waals surface area contributed by atoms with Gasteiger partial charge in [0.25, 0.3) is 0 Å². The van der Waals surface area contributed by atoms with Crippen molar-refractivity contribution in [2.45, 2.75) is 32.4 Å². The maximum atomic E-state index is 8.94. The van der Waals surface area contributed by atoms with E-state index in [1.165, 1.54) is 6.42 Å². The Hall–Kier alpha value is -0.980. The molecular formula is C14H19BrN4O. The Kier molecular flexibility index (Phi) is 4.05. The maximum Gasteiger partial charge on any atom is 0.177 e. The molecule has 1 saturated heterocycles. The summed E-state index contributed by atoms with van der Waals surface area (Å²) in [6.07, 6.45) is 3.86. The molecule has 0 radical (unpaired) electrons. The van der Waals surface area contributed by atoms with Gasteiger partial charge in [-0.3, -0.25) is 4.90 Å². The third kappa shape index (κ3) is 2.60. The van der Waals surface area contributed by atoms with Gasteiger partial charge in [-0.1, -0.05) is 0 Å². The summed E-state index contributed by atoms with van der Waals surface area (Å²) >= 11 is 3.48. The third-order valence-electron chi connectivity index (χ3n) is 4.03. The van der Waals surface area contributed by atoms with E-state index in [-0.39, 0.29) is 6.61 Å². The molecule has 6 heteroatoms. The van der Waals surface area contributed by atoms with Crippen molar-refractivity contribution >= 4 is 27.1 Å². The Morgan fingerprint density at radius 1 is 1.50 bits per heavy atom. The van der Waals surface area contributed by atoms with Gasteiger partial charge in [-0.05, 0) is 41.8 Å². The maximum absolute atomic E-state index is 8.94. The van der Waals surface area contributed by atoms with Gasteiger partial charge < -0.3 is 9.67 Å². The van der Waals surface area contributed by atoms with E-state index in [4.69, 9.17) is 5.11 Å². The molecule has 108 valence electrons. The molecule has 1 fully saturated rings. The number of halogens is 1. The van der Waals surface area contributed by atoms with Crippen molar-refractivity contribution in [1.29, 1.82) is 0 Å². The lowest BCUT2D eigenvalue weighted by Crippen LogP contribution is -2.50. The summed E-state index contributed by atoms with van der Waals surface area (Å²) in [6, 6.07) is 2.63. The standard InChI is InChI=1S/C14H19BrN4O/c1-10-17-14-13(7-11(15)8-16-14)19(10)9-12-3-5-18(12)4-2-6-20/h7-8,12,20H,2-6,9H2,1H3/t12-/m1/s1. The van der Waals surface area contributed by atoms with Crippen LogP contribution in [0.2, 0.25) is 0 Å². The zero-order valence-corrected chi connectivity index (χ0v) is 13.2. The predicted octanol–water partition coefficient (Wildman–Crippen LogP) is 1.96. The normalized spacial score (nSPS) is 19.4. The molecular weight excluding hydrogens is 320 g/mol. The number of rotatable bonds is 5. The molecule has 2 aromatic heterocycles. The van der Waals surface area contributed by atoms with Crippen molar-refractivity contribution in [2.75, 3.05) is 19.7 Å². The molecule has 0 amide bonds. The average molecular weight is 339 g/mol. The van der Waals surface area contributed by atoms with Crippen LogP contribution in [0.5, 0.6) is 0 Å². The molecule has 2 aromatic rings. The number of hydrogen-bond acceptors (Lipinski definition) is 4. The Morgan fingerprint density at radius 3 is 3.05 bits per heavy atom. The minimum atomic E-state index is 0.271. The van der Waals surface area contributed by atoms with E-state index in [0.29, 0.717) is 6.04 Å². The van der Waals surface area contributed by atoms with Crippen LogP contribution in [0.1, 0.15) is 18.7 Å². The quantitative estimate of drug-likeness (QED) is 0.905. The molecule has 20 heavy (non-hydrogen) atoms. The molecule has 5 nitrogen and oxygen atoms in total. The van der Waals surface area contributed by atoms with Crippen molar-refractivity contribution in [3.63, 3.8) is 0 Å². The largest absolute Gasteiger partial charge is 0.396 e. The number of aryl methyl sites for hydroxylation is 1. The van der Waals surface area contributed by atoms with Crippen LogP contribution in [0, 0.1) is 6.92 Å². The van der Waals surface area contributed by atoms with Crippen LogP contribution >= 0.6 is 15.9 Å². The van der Waals surface area contributed by atoms with E-state index < -0.39 is 0 Å². The molecule has 0 spiro atoms. The summed E-state index contributed by atoms with van der Waals surface area (Å²) in [7, 11) is 0. The van der Waals surface area contributed by atoms with Crippen LogP contribution in [-0.4, -0.2) is 50.3 Å². The molecule has 0 unspecified atom stereocenters. The monoisotopic (exact) mass is 338 g/mol. The van der Waals surface area contributed by atoms with Gasteiger partial charge in [0.15, 0.2) is 5.65 Å². The minimum Gasteiger partial charge on any atom is -0.396 e. The molecule has 1 aliphatic heterocycles. The second-order valence-corrected chi connectivity index (χ2v) is 6.24. The summed E-state index contributed by atoms with van der Waals surface area (Å²) in [5, 5.41) is 8.94. The Morgan fingerprint density at radius 2 is 2.35 bits per heavy atom. The minimum absolute atomic E-state index is 0.271. The summed E-state index contributed by atoms with van der Waals surface area (Å²) in [4.78, 5) is 11.3. The molecule has 3 heterocycles. The zero-order chi connectivity index (χ0) is 14.1. The number of imidazole rings is 1. The zero-order valence-electron chi connectivity index (χ0n) is 11.6. The first-order valence-electron chi connectivity index (χ1n) is 7.02. The van der Waals surface area contributed by atoms with E-state index in [9.17, 15) is 0 Å². The van der Waals surface area contributed by atoms with Gasteiger partial charge in [0, 0.05) is 43.0 Å². The lowest BCUT2D eigenvalue weighted by atomic mass is 10.0. The van der Waals surface area contributed by atoms with Crippen LogP contribution in [0.15, 0.2) is 16.7 Å². The van der Waals surface area contributed by atoms with E-state index in [2.05, 4.69) is 41.4 Å². The average Bonchev–Trinajstić information content (AvgIpc) is 2.70. The third-order valence-corrected chi connectivity index (χ3v) is 4.46. The number of fused-ring (bicyclic) bond motifs is 1. The number of aromatic nitrogens is 3. The number of likely N-dealkylation sites (tertiary alicyclic amines) is 1. The second kappa shape index (κ2) is 5.79. The Labute approximate surface area is 126 Å². The molecule has 0 aromatic carbocycles.